The molecular formula is C19H33NO3. The van der Waals surface area contributed by atoms with E-state index < -0.39 is 5.60 Å². The first-order valence-corrected chi connectivity index (χ1v) is 9.65. The van der Waals surface area contributed by atoms with Crippen molar-refractivity contribution in [3.8, 4) is 0 Å². The predicted molar refractivity (Wildman–Crippen MR) is 87.9 cm³/mol. The van der Waals surface area contributed by atoms with E-state index in [1.165, 1.54) is 0 Å². The van der Waals surface area contributed by atoms with Crippen molar-refractivity contribution in [1.29, 1.82) is 0 Å². The molecule has 4 fully saturated rings. The van der Waals surface area contributed by atoms with Crippen molar-refractivity contribution in [3.63, 3.8) is 0 Å². The zero-order valence-electron chi connectivity index (χ0n) is 14.6. The van der Waals surface area contributed by atoms with E-state index in [1.807, 2.05) is 0 Å². The molecule has 0 spiro atoms. The molecule has 4 saturated carbocycles. The minimum absolute atomic E-state index is 0.0205. The number of hydrogen-bond acceptors (Lipinski definition) is 4. The molecule has 4 nitrogen and oxygen atoms in total. The Balaban J connectivity index is 1.67. The average Bonchev–Trinajstić information content (AvgIpc) is 2.79. The van der Waals surface area contributed by atoms with Crippen LogP contribution in [0.4, 0.5) is 0 Å². The number of rotatable bonds is 1. The molecule has 4 aliphatic carbocycles. The van der Waals surface area contributed by atoms with Gasteiger partial charge in [-0.2, -0.15) is 0 Å². The maximum Gasteiger partial charge on any atom is 0.0748 e. The van der Waals surface area contributed by atoms with E-state index in [0.717, 1.165) is 57.8 Å². The lowest BCUT2D eigenvalue weighted by Crippen LogP contribution is -2.64. The van der Waals surface area contributed by atoms with Crippen LogP contribution in [0.25, 0.3) is 0 Å². The number of hydrogen-bond donors (Lipinski definition) is 4. The molecule has 0 aliphatic heterocycles. The van der Waals surface area contributed by atoms with Gasteiger partial charge < -0.3 is 15.4 Å². The van der Waals surface area contributed by atoms with Gasteiger partial charge in [-0.1, -0.05) is 13.8 Å². The van der Waals surface area contributed by atoms with Crippen LogP contribution >= 0.6 is 0 Å². The van der Waals surface area contributed by atoms with Crippen LogP contribution < -0.4 is 5.48 Å². The second kappa shape index (κ2) is 5.17. The summed E-state index contributed by atoms with van der Waals surface area (Å²) < 4.78 is 0. The molecular weight excluding hydrogens is 290 g/mol. The van der Waals surface area contributed by atoms with Gasteiger partial charge in [0.25, 0.3) is 0 Å². The molecule has 8 atom stereocenters. The molecule has 4 aliphatic rings. The molecule has 0 unspecified atom stereocenters. The first-order chi connectivity index (χ1) is 10.8. The van der Waals surface area contributed by atoms with Gasteiger partial charge >= 0.3 is 0 Å². The third kappa shape index (κ3) is 1.98. The highest BCUT2D eigenvalue weighted by atomic mass is 16.5. The van der Waals surface area contributed by atoms with Crippen molar-refractivity contribution in [3.05, 3.63) is 0 Å². The number of fused-ring (bicyclic) bond motifs is 5. The minimum atomic E-state index is -0.639. The summed E-state index contributed by atoms with van der Waals surface area (Å²) in [5, 5.41) is 31.4. The Morgan fingerprint density at radius 1 is 0.913 bits per heavy atom. The molecule has 0 aromatic rings. The Morgan fingerprint density at radius 2 is 1.70 bits per heavy atom. The Labute approximate surface area is 139 Å². The predicted octanol–water partition coefficient (Wildman–Crippen LogP) is 2.85. The van der Waals surface area contributed by atoms with E-state index in [0.29, 0.717) is 17.8 Å². The molecule has 4 heteroatoms. The second-order valence-electron chi connectivity index (χ2n) is 9.52. The summed E-state index contributed by atoms with van der Waals surface area (Å²) in [5.74, 6) is 1.55. The SMILES string of the molecule is C[C@]12CC[C@H](O)C[C@H]1CC[C@@H]1[C@@H]2CC[C@]2(C)[C@@H](NO)CC[C@]12O. The van der Waals surface area contributed by atoms with Crippen molar-refractivity contribution in [2.45, 2.75) is 89.4 Å². The summed E-state index contributed by atoms with van der Waals surface area (Å²) in [4.78, 5) is 0. The second-order valence-corrected chi connectivity index (χ2v) is 9.52. The molecule has 4 rings (SSSR count). The van der Waals surface area contributed by atoms with Gasteiger partial charge in [0.2, 0.25) is 0 Å². The molecule has 132 valence electrons. The molecule has 4 N–H and O–H groups in total. The average molecular weight is 323 g/mol. The first kappa shape index (κ1) is 16.3. The number of aliphatic hydroxyl groups is 2. The summed E-state index contributed by atoms with van der Waals surface area (Å²) in [5.41, 5.74) is 1.94. The number of hydroxylamine groups is 1. The highest BCUT2D eigenvalue weighted by Gasteiger charge is 2.67. The Morgan fingerprint density at radius 3 is 2.43 bits per heavy atom. The fraction of sp³-hybridized carbons (Fsp3) is 1.00. The van der Waals surface area contributed by atoms with Gasteiger partial charge in [-0.05, 0) is 81.0 Å². The highest BCUT2D eigenvalue weighted by molar-refractivity contribution is 5.18. The van der Waals surface area contributed by atoms with Crippen molar-refractivity contribution in [2.75, 3.05) is 0 Å². The molecule has 0 saturated heterocycles. The Bertz CT molecular complexity index is 485. The molecule has 0 heterocycles. The lowest BCUT2D eigenvalue weighted by molar-refractivity contribution is -0.209. The van der Waals surface area contributed by atoms with Gasteiger partial charge in [0.05, 0.1) is 11.7 Å². The molecule has 0 amide bonds. The van der Waals surface area contributed by atoms with E-state index >= 15 is 0 Å². The summed E-state index contributed by atoms with van der Waals surface area (Å²) in [6.07, 6.45) is 8.93. The summed E-state index contributed by atoms with van der Waals surface area (Å²) >= 11 is 0. The van der Waals surface area contributed by atoms with Crippen LogP contribution in [0.1, 0.15) is 71.6 Å². The van der Waals surface area contributed by atoms with Crippen LogP contribution in [-0.2, 0) is 0 Å². The zero-order valence-corrected chi connectivity index (χ0v) is 14.6. The van der Waals surface area contributed by atoms with Gasteiger partial charge in [-0.25, -0.2) is 5.48 Å². The quantitative estimate of drug-likeness (QED) is 0.560. The number of nitrogens with one attached hydrogen (secondary N) is 1. The maximum absolute atomic E-state index is 11.7. The van der Waals surface area contributed by atoms with E-state index in [4.69, 9.17) is 0 Å². The van der Waals surface area contributed by atoms with Crippen LogP contribution in [0, 0.1) is 28.6 Å². The van der Waals surface area contributed by atoms with Gasteiger partial charge in [-0.3, -0.25) is 0 Å². The van der Waals surface area contributed by atoms with E-state index in [-0.39, 0.29) is 23.0 Å². The standard InChI is InChI=1S/C19H33NO3/c1-17-8-5-13(21)11-12(17)3-4-15-14(17)6-9-18(2)16(20-23)7-10-19(15,18)22/h12-16,20-23H,3-11H2,1-2H3/t12-,13+,14+,15-,16+,17+,18-,19+/m1/s1. The monoisotopic (exact) mass is 323 g/mol. The lowest BCUT2D eigenvalue weighted by atomic mass is 9.43. The van der Waals surface area contributed by atoms with Crippen molar-refractivity contribution >= 4 is 0 Å². The first-order valence-electron chi connectivity index (χ1n) is 9.65. The van der Waals surface area contributed by atoms with Crippen LogP contribution in [0.2, 0.25) is 0 Å². The topological polar surface area (TPSA) is 72.7 Å². The molecule has 0 aromatic carbocycles. The van der Waals surface area contributed by atoms with Crippen LogP contribution in [0.3, 0.4) is 0 Å². The fourth-order valence-corrected chi connectivity index (χ4v) is 7.41. The van der Waals surface area contributed by atoms with Crippen molar-refractivity contribution in [2.24, 2.45) is 28.6 Å². The van der Waals surface area contributed by atoms with Crippen LogP contribution in [-0.4, -0.2) is 33.2 Å². The van der Waals surface area contributed by atoms with Gasteiger partial charge in [0, 0.05) is 11.5 Å². The van der Waals surface area contributed by atoms with Gasteiger partial charge in [0.15, 0.2) is 0 Å². The van der Waals surface area contributed by atoms with E-state index in [9.17, 15) is 15.4 Å². The maximum atomic E-state index is 11.7. The Hall–Kier alpha value is -0.160. The van der Waals surface area contributed by atoms with Crippen molar-refractivity contribution in [1.82, 2.24) is 5.48 Å². The Kier molecular flexibility index (Phi) is 3.67. The van der Waals surface area contributed by atoms with E-state index in [2.05, 4.69) is 19.3 Å². The molecule has 0 radical (unpaired) electrons. The molecule has 0 aromatic heterocycles. The van der Waals surface area contributed by atoms with Crippen LogP contribution in [0.5, 0.6) is 0 Å². The van der Waals surface area contributed by atoms with Crippen LogP contribution in [0.15, 0.2) is 0 Å². The molecule has 23 heavy (non-hydrogen) atoms. The zero-order chi connectivity index (χ0) is 16.5. The van der Waals surface area contributed by atoms with Crippen molar-refractivity contribution < 1.29 is 15.4 Å². The summed E-state index contributed by atoms with van der Waals surface area (Å²) in [6.45, 7) is 4.62. The van der Waals surface area contributed by atoms with Gasteiger partial charge in [-0.15, -0.1) is 0 Å². The minimum Gasteiger partial charge on any atom is -0.393 e. The summed E-state index contributed by atoms with van der Waals surface area (Å²) in [7, 11) is 0. The third-order valence-corrected chi connectivity index (χ3v) is 8.98. The largest absolute Gasteiger partial charge is 0.393 e. The summed E-state index contributed by atoms with van der Waals surface area (Å²) in [6, 6.07) is 0.0205. The molecule has 0 bridgehead atoms. The van der Waals surface area contributed by atoms with Gasteiger partial charge in [0.1, 0.15) is 0 Å². The third-order valence-electron chi connectivity index (χ3n) is 8.98. The highest BCUT2D eigenvalue weighted by Crippen LogP contribution is 2.67. The number of aliphatic hydroxyl groups excluding tert-OH is 1. The fourth-order valence-electron chi connectivity index (χ4n) is 7.41. The normalized spacial score (nSPS) is 59.1. The smallest absolute Gasteiger partial charge is 0.0748 e. The lowest BCUT2D eigenvalue weighted by Gasteiger charge is -2.63. The van der Waals surface area contributed by atoms with E-state index in [1.54, 1.807) is 0 Å².